The highest BCUT2D eigenvalue weighted by Crippen LogP contribution is 2.27. The van der Waals surface area contributed by atoms with Crippen LogP contribution in [0, 0.1) is 0 Å². The summed E-state index contributed by atoms with van der Waals surface area (Å²) in [6.07, 6.45) is 6.14. The van der Waals surface area contributed by atoms with E-state index in [1.807, 2.05) is 24.4 Å². The Morgan fingerprint density at radius 3 is 2.50 bits per heavy atom. The number of rotatable bonds is 7. The molecule has 0 saturated carbocycles. The molecule has 9 heteroatoms. The zero-order chi connectivity index (χ0) is 20.1. The van der Waals surface area contributed by atoms with Crippen molar-refractivity contribution in [3.63, 3.8) is 0 Å². The average molecular weight is 433 g/mol. The van der Waals surface area contributed by atoms with E-state index >= 15 is 0 Å². The molecule has 0 aliphatic carbocycles. The van der Waals surface area contributed by atoms with Gasteiger partial charge in [0.15, 0.2) is 5.82 Å². The van der Waals surface area contributed by atoms with Gasteiger partial charge >= 0.3 is 0 Å². The van der Waals surface area contributed by atoms with Gasteiger partial charge in [-0.05, 0) is 0 Å². The summed E-state index contributed by atoms with van der Waals surface area (Å²) >= 11 is 0. The number of aliphatic hydroxyl groups excluding tert-OH is 1. The summed E-state index contributed by atoms with van der Waals surface area (Å²) in [7, 11) is 0. The SMILES string of the molecule is Cl.OC(CF)Cn1cc(CN2CCN(c3nccnc3-c3ccccc3)CC2)cn1. The molecule has 1 aromatic carbocycles. The van der Waals surface area contributed by atoms with Crippen LogP contribution in [0.15, 0.2) is 55.1 Å². The number of nitrogens with zero attached hydrogens (tertiary/aromatic N) is 6. The van der Waals surface area contributed by atoms with Gasteiger partial charge < -0.3 is 10.0 Å². The Morgan fingerprint density at radius 1 is 1.03 bits per heavy atom. The maximum atomic E-state index is 12.5. The highest BCUT2D eigenvalue weighted by atomic mass is 35.5. The molecule has 1 aliphatic heterocycles. The Hall–Kier alpha value is -2.55. The molecule has 0 amide bonds. The lowest BCUT2D eigenvalue weighted by Crippen LogP contribution is -2.46. The van der Waals surface area contributed by atoms with Crippen molar-refractivity contribution in [1.29, 1.82) is 0 Å². The zero-order valence-electron chi connectivity index (χ0n) is 16.6. The number of aliphatic hydroxyl groups is 1. The first kappa shape index (κ1) is 22.1. The molecule has 7 nitrogen and oxygen atoms in total. The van der Waals surface area contributed by atoms with Gasteiger partial charge in [0.05, 0.1) is 12.7 Å². The fraction of sp³-hybridized carbons (Fsp3) is 0.381. The van der Waals surface area contributed by atoms with Crippen LogP contribution in [-0.2, 0) is 13.1 Å². The normalized spacial score (nSPS) is 15.6. The predicted octanol–water partition coefficient (Wildman–Crippen LogP) is 2.41. The van der Waals surface area contributed by atoms with Gasteiger partial charge in [-0.25, -0.2) is 9.37 Å². The van der Waals surface area contributed by atoms with Gasteiger partial charge in [-0.1, -0.05) is 30.3 Å². The van der Waals surface area contributed by atoms with Crippen LogP contribution in [0.4, 0.5) is 10.2 Å². The lowest BCUT2D eigenvalue weighted by atomic mass is 10.1. The van der Waals surface area contributed by atoms with Crippen molar-refractivity contribution in [2.45, 2.75) is 19.2 Å². The van der Waals surface area contributed by atoms with Crippen LogP contribution in [0.25, 0.3) is 11.3 Å². The number of halogens is 2. The van der Waals surface area contributed by atoms with E-state index in [4.69, 9.17) is 0 Å². The summed E-state index contributed by atoms with van der Waals surface area (Å²) in [5.41, 5.74) is 3.05. The van der Waals surface area contributed by atoms with Crippen molar-refractivity contribution in [2.75, 3.05) is 37.8 Å². The number of anilines is 1. The number of piperazine rings is 1. The lowest BCUT2D eigenvalue weighted by molar-refractivity contribution is 0.118. The maximum Gasteiger partial charge on any atom is 0.155 e. The molecule has 160 valence electrons. The largest absolute Gasteiger partial charge is 0.388 e. The first-order valence-corrected chi connectivity index (χ1v) is 9.82. The summed E-state index contributed by atoms with van der Waals surface area (Å²) in [6, 6.07) is 10.1. The fourth-order valence-electron chi connectivity index (χ4n) is 3.59. The summed E-state index contributed by atoms with van der Waals surface area (Å²) in [4.78, 5) is 13.8. The topological polar surface area (TPSA) is 70.3 Å². The molecule has 0 bridgehead atoms. The Bertz CT molecular complexity index is 917. The van der Waals surface area contributed by atoms with Crippen LogP contribution in [-0.4, -0.2) is 68.7 Å². The number of aromatic nitrogens is 4. The van der Waals surface area contributed by atoms with Gasteiger partial charge in [-0.3, -0.25) is 14.6 Å². The van der Waals surface area contributed by atoms with Gasteiger partial charge in [-0.15, -0.1) is 12.4 Å². The van der Waals surface area contributed by atoms with Crippen molar-refractivity contribution < 1.29 is 9.50 Å². The Morgan fingerprint density at radius 2 is 1.77 bits per heavy atom. The highest BCUT2D eigenvalue weighted by Gasteiger charge is 2.21. The number of alkyl halides is 1. The minimum atomic E-state index is -1.00. The van der Waals surface area contributed by atoms with Crippen molar-refractivity contribution in [3.8, 4) is 11.3 Å². The molecule has 1 fully saturated rings. The van der Waals surface area contributed by atoms with Crippen LogP contribution < -0.4 is 4.90 Å². The molecule has 1 unspecified atom stereocenters. The summed E-state index contributed by atoms with van der Waals surface area (Å²) in [5.74, 6) is 0.923. The average Bonchev–Trinajstić information content (AvgIpc) is 3.21. The first-order valence-electron chi connectivity index (χ1n) is 9.82. The summed E-state index contributed by atoms with van der Waals surface area (Å²) in [6.45, 7) is 3.75. The Kier molecular flexibility index (Phi) is 7.73. The van der Waals surface area contributed by atoms with E-state index in [-0.39, 0.29) is 19.0 Å². The van der Waals surface area contributed by atoms with Crippen LogP contribution in [0.2, 0.25) is 0 Å². The van der Waals surface area contributed by atoms with Gasteiger partial charge in [0, 0.05) is 62.4 Å². The highest BCUT2D eigenvalue weighted by molar-refractivity contribution is 5.85. The molecule has 3 aromatic rings. The van der Waals surface area contributed by atoms with Gasteiger partial charge in [0.25, 0.3) is 0 Å². The van der Waals surface area contributed by atoms with E-state index in [9.17, 15) is 9.50 Å². The minimum Gasteiger partial charge on any atom is -0.388 e. The third-order valence-corrected chi connectivity index (χ3v) is 5.07. The number of hydrogen-bond acceptors (Lipinski definition) is 6. The third kappa shape index (κ3) is 5.33. The van der Waals surface area contributed by atoms with Crippen LogP contribution in [0.3, 0.4) is 0 Å². The second-order valence-corrected chi connectivity index (χ2v) is 7.24. The predicted molar refractivity (Wildman–Crippen MR) is 116 cm³/mol. The van der Waals surface area contributed by atoms with Crippen molar-refractivity contribution in [3.05, 3.63) is 60.7 Å². The van der Waals surface area contributed by atoms with Crippen LogP contribution >= 0.6 is 12.4 Å². The lowest BCUT2D eigenvalue weighted by Gasteiger charge is -2.35. The van der Waals surface area contributed by atoms with Gasteiger partial charge in [-0.2, -0.15) is 5.10 Å². The van der Waals surface area contributed by atoms with E-state index in [1.54, 1.807) is 23.3 Å². The van der Waals surface area contributed by atoms with Gasteiger partial charge in [0.1, 0.15) is 18.5 Å². The Balaban J connectivity index is 0.00000256. The summed E-state index contributed by atoms with van der Waals surface area (Å²) in [5, 5.41) is 13.6. The van der Waals surface area contributed by atoms with E-state index < -0.39 is 12.8 Å². The minimum absolute atomic E-state index is 0. The Labute approximate surface area is 181 Å². The van der Waals surface area contributed by atoms with E-state index in [0.29, 0.717) is 0 Å². The smallest absolute Gasteiger partial charge is 0.155 e. The molecule has 3 heterocycles. The fourth-order valence-corrected chi connectivity index (χ4v) is 3.59. The molecule has 2 aromatic heterocycles. The summed E-state index contributed by atoms with van der Waals surface area (Å²) < 4.78 is 14.1. The molecule has 0 spiro atoms. The molecule has 4 rings (SSSR count). The quantitative estimate of drug-likeness (QED) is 0.618. The van der Waals surface area contributed by atoms with Crippen LogP contribution in [0.1, 0.15) is 5.56 Å². The van der Waals surface area contributed by atoms with E-state index in [0.717, 1.165) is 55.4 Å². The molecule has 1 atom stereocenters. The van der Waals surface area contributed by atoms with Gasteiger partial charge in [0.2, 0.25) is 0 Å². The van der Waals surface area contributed by atoms with E-state index in [1.165, 1.54) is 0 Å². The zero-order valence-corrected chi connectivity index (χ0v) is 17.5. The molecule has 0 radical (unpaired) electrons. The first-order chi connectivity index (χ1) is 14.2. The monoisotopic (exact) mass is 432 g/mol. The second kappa shape index (κ2) is 10.5. The van der Waals surface area contributed by atoms with Crippen molar-refractivity contribution in [1.82, 2.24) is 24.6 Å². The van der Waals surface area contributed by atoms with E-state index in [2.05, 4.69) is 37.0 Å². The molecule has 1 N–H and O–H groups in total. The molecule has 1 aliphatic rings. The molecular formula is C21H26ClFN6O. The maximum absolute atomic E-state index is 12.5. The number of hydrogen-bond donors (Lipinski definition) is 1. The molecular weight excluding hydrogens is 407 g/mol. The second-order valence-electron chi connectivity index (χ2n) is 7.24. The number of benzene rings is 1. The third-order valence-electron chi connectivity index (χ3n) is 5.07. The molecule has 1 saturated heterocycles. The van der Waals surface area contributed by atoms with Crippen LogP contribution in [0.5, 0.6) is 0 Å². The van der Waals surface area contributed by atoms with Crippen molar-refractivity contribution in [2.24, 2.45) is 0 Å². The van der Waals surface area contributed by atoms with Crippen molar-refractivity contribution >= 4 is 18.2 Å². The standard InChI is InChI=1S/C21H25FN6O.ClH/c22-12-19(29)16-28-15-17(13-25-28)14-26-8-10-27(11-9-26)21-20(23-6-7-24-21)18-4-2-1-3-5-18;/h1-7,13,15,19,29H,8-12,14,16H2;1H. The molecule has 30 heavy (non-hydrogen) atoms.